The van der Waals surface area contributed by atoms with E-state index in [0.29, 0.717) is 12.1 Å². The van der Waals surface area contributed by atoms with Crippen LogP contribution in [0.2, 0.25) is 0 Å². The van der Waals surface area contributed by atoms with Gasteiger partial charge in [0.1, 0.15) is 5.82 Å². The molecule has 0 aromatic heterocycles. The number of carbonyl (C=O) groups is 1. The molecular formula is C7H4F2O2. The van der Waals surface area contributed by atoms with E-state index < -0.39 is 22.9 Å². The summed E-state index contributed by atoms with van der Waals surface area (Å²) >= 11 is 0. The Hall–Kier alpha value is -1.45. The van der Waals surface area contributed by atoms with E-state index in [2.05, 4.69) is 0 Å². The second-order valence-electron chi connectivity index (χ2n) is 1.94. The third kappa shape index (κ3) is 1.34. The van der Waals surface area contributed by atoms with E-state index in [4.69, 9.17) is 5.11 Å². The summed E-state index contributed by atoms with van der Waals surface area (Å²) in [7, 11) is 0. The molecule has 0 aliphatic rings. The Morgan fingerprint density at radius 2 is 1.91 bits per heavy atom. The van der Waals surface area contributed by atoms with E-state index in [9.17, 15) is 13.6 Å². The number of aromatic hydroxyl groups is 1. The number of hydrogen-bond acceptors (Lipinski definition) is 2. The molecule has 0 spiro atoms. The number of hydrogen-bond donors (Lipinski definition) is 1. The molecule has 0 atom stereocenters. The van der Waals surface area contributed by atoms with Crippen LogP contribution in [0.15, 0.2) is 12.1 Å². The second kappa shape index (κ2) is 2.65. The molecule has 1 rings (SSSR count). The van der Waals surface area contributed by atoms with Gasteiger partial charge in [0.15, 0.2) is 17.9 Å². The van der Waals surface area contributed by atoms with Gasteiger partial charge < -0.3 is 5.11 Å². The molecule has 11 heavy (non-hydrogen) atoms. The highest BCUT2D eigenvalue weighted by atomic mass is 19.1. The van der Waals surface area contributed by atoms with Gasteiger partial charge in [-0.25, -0.2) is 8.78 Å². The number of halogens is 2. The van der Waals surface area contributed by atoms with E-state index in [0.717, 1.165) is 0 Å². The fraction of sp³-hybridized carbons (Fsp3) is 0. The van der Waals surface area contributed by atoms with E-state index in [1.54, 1.807) is 0 Å². The van der Waals surface area contributed by atoms with Gasteiger partial charge in [-0.2, -0.15) is 0 Å². The Bertz CT molecular complexity index is 297. The van der Waals surface area contributed by atoms with Gasteiger partial charge in [-0.15, -0.1) is 0 Å². The van der Waals surface area contributed by atoms with Gasteiger partial charge in [0.25, 0.3) is 0 Å². The summed E-state index contributed by atoms with van der Waals surface area (Å²) in [6.07, 6.45) is 0.178. The summed E-state index contributed by atoms with van der Waals surface area (Å²) in [5, 5.41) is 8.59. The Kier molecular flexibility index (Phi) is 1.85. The molecule has 0 heterocycles. The molecule has 0 unspecified atom stereocenters. The van der Waals surface area contributed by atoms with Gasteiger partial charge in [0.05, 0.1) is 5.56 Å². The van der Waals surface area contributed by atoms with Gasteiger partial charge in [0.2, 0.25) is 0 Å². The number of benzene rings is 1. The summed E-state index contributed by atoms with van der Waals surface area (Å²) in [5.74, 6) is -2.74. The zero-order valence-corrected chi connectivity index (χ0v) is 5.34. The molecule has 0 bridgehead atoms. The highest BCUT2D eigenvalue weighted by Crippen LogP contribution is 2.18. The fourth-order valence-corrected chi connectivity index (χ4v) is 0.642. The Balaban J connectivity index is 3.31. The highest BCUT2D eigenvalue weighted by molar-refractivity contribution is 5.75. The Labute approximate surface area is 61.1 Å². The van der Waals surface area contributed by atoms with Crippen LogP contribution in [0.5, 0.6) is 5.75 Å². The molecule has 1 aromatic carbocycles. The first kappa shape index (κ1) is 7.65. The summed E-state index contributed by atoms with van der Waals surface area (Å²) in [4.78, 5) is 10.0. The van der Waals surface area contributed by atoms with Crippen molar-refractivity contribution in [1.29, 1.82) is 0 Å². The maximum Gasteiger partial charge on any atom is 0.165 e. The van der Waals surface area contributed by atoms with Crippen LogP contribution in [0.3, 0.4) is 0 Å². The average molecular weight is 158 g/mol. The van der Waals surface area contributed by atoms with E-state index in [1.807, 2.05) is 0 Å². The summed E-state index contributed by atoms with van der Waals surface area (Å²) < 4.78 is 24.8. The first-order chi connectivity index (χ1) is 5.15. The second-order valence-corrected chi connectivity index (χ2v) is 1.94. The SMILES string of the molecule is O=Cc1cc(F)c(O)cc1F. The smallest absolute Gasteiger partial charge is 0.165 e. The van der Waals surface area contributed by atoms with Crippen molar-refractivity contribution in [3.05, 3.63) is 29.3 Å². The lowest BCUT2D eigenvalue weighted by atomic mass is 10.2. The normalized spacial score (nSPS) is 9.64. The predicted octanol–water partition coefficient (Wildman–Crippen LogP) is 1.48. The molecule has 1 aromatic rings. The first-order valence-electron chi connectivity index (χ1n) is 2.78. The molecule has 0 aliphatic heterocycles. The van der Waals surface area contributed by atoms with Crippen molar-refractivity contribution in [2.24, 2.45) is 0 Å². The summed E-state index contributed by atoms with van der Waals surface area (Å²) in [6.45, 7) is 0. The van der Waals surface area contributed by atoms with Crippen molar-refractivity contribution in [2.75, 3.05) is 0 Å². The van der Waals surface area contributed by atoms with Crippen molar-refractivity contribution in [1.82, 2.24) is 0 Å². The van der Waals surface area contributed by atoms with Gasteiger partial charge in [-0.3, -0.25) is 4.79 Å². The third-order valence-electron chi connectivity index (χ3n) is 1.19. The minimum absolute atomic E-state index is 0.178. The van der Waals surface area contributed by atoms with Crippen LogP contribution in [0.25, 0.3) is 0 Å². The van der Waals surface area contributed by atoms with E-state index in [-0.39, 0.29) is 6.29 Å². The largest absolute Gasteiger partial charge is 0.505 e. The standard InChI is InChI=1S/C7H4F2O2/c8-5-2-7(11)6(9)1-4(5)3-10/h1-3,11H. The van der Waals surface area contributed by atoms with Crippen LogP contribution in [0, 0.1) is 11.6 Å². The molecule has 4 heteroatoms. The van der Waals surface area contributed by atoms with Gasteiger partial charge in [-0.1, -0.05) is 0 Å². The fourth-order valence-electron chi connectivity index (χ4n) is 0.642. The number of aldehydes is 1. The van der Waals surface area contributed by atoms with Crippen LogP contribution in [0.4, 0.5) is 8.78 Å². The maximum atomic E-state index is 12.5. The predicted molar refractivity (Wildman–Crippen MR) is 33.4 cm³/mol. The minimum atomic E-state index is -1.01. The topological polar surface area (TPSA) is 37.3 Å². The molecule has 2 nitrogen and oxygen atoms in total. The summed E-state index contributed by atoms with van der Waals surface area (Å²) in [5.41, 5.74) is -0.402. The van der Waals surface area contributed by atoms with Crippen LogP contribution >= 0.6 is 0 Å². The van der Waals surface area contributed by atoms with Crippen molar-refractivity contribution >= 4 is 6.29 Å². The van der Waals surface area contributed by atoms with E-state index in [1.165, 1.54) is 0 Å². The van der Waals surface area contributed by atoms with Crippen molar-refractivity contribution in [2.45, 2.75) is 0 Å². The van der Waals surface area contributed by atoms with Crippen LogP contribution < -0.4 is 0 Å². The molecule has 1 N–H and O–H groups in total. The van der Waals surface area contributed by atoms with Crippen LogP contribution in [-0.2, 0) is 0 Å². The van der Waals surface area contributed by atoms with Crippen molar-refractivity contribution < 1.29 is 18.7 Å². The van der Waals surface area contributed by atoms with Gasteiger partial charge in [0, 0.05) is 6.07 Å². The molecule has 0 aliphatic carbocycles. The average Bonchev–Trinajstić information content (AvgIpc) is 1.97. The molecule has 0 saturated carbocycles. The van der Waals surface area contributed by atoms with Crippen molar-refractivity contribution in [3.63, 3.8) is 0 Å². The first-order valence-corrected chi connectivity index (χ1v) is 2.78. The van der Waals surface area contributed by atoms with Gasteiger partial charge in [-0.05, 0) is 6.07 Å². The van der Waals surface area contributed by atoms with Crippen molar-refractivity contribution in [3.8, 4) is 5.75 Å². The number of carbonyl (C=O) groups excluding carboxylic acids is 1. The van der Waals surface area contributed by atoms with E-state index >= 15 is 0 Å². The maximum absolute atomic E-state index is 12.5. The molecule has 0 fully saturated rings. The zero-order chi connectivity index (χ0) is 8.43. The number of phenolic OH excluding ortho intramolecular Hbond substituents is 1. The number of rotatable bonds is 1. The lowest BCUT2D eigenvalue weighted by Crippen LogP contribution is -1.89. The Morgan fingerprint density at radius 3 is 2.45 bits per heavy atom. The highest BCUT2D eigenvalue weighted by Gasteiger charge is 2.07. The Morgan fingerprint density at radius 1 is 1.27 bits per heavy atom. The quantitative estimate of drug-likeness (QED) is 0.628. The molecule has 0 amide bonds. The van der Waals surface area contributed by atoms with Crippen LogP contribution in [-0.4, -0.2) is 11.4 Å². The minimum Gasteiger partial charge on any atom is -0.505 e. The monoisotopic (exact) mass is 158 g/mol. The lowest BCUT2D eigenvalue weighted by Gasteiger charge is -1.96. The molecule has 0 saturated heterocycles. The third-order valence-corrected chi connectivity index (χ3v) is 1.19. The lowest BCUT2D eigenvalue weighted by molar-refractivity contribution is 0.111. The molecular weight excluding hydrogens is 154 g/mol. The number of phenols is 1. The summed E-state index contributed by atoms with van der Waals surface area (Å²) in [6, 6.07) is 1.19. The van der Waals surface area contributed by atoms with Crippen LogP contribution in [0.1, 0.15) is 10.4 Å². The van der Waals surface area contributed by atoms with Gasteiger partial charge >= 0.3 is 0 Å². The molecule has 58 valence electrons. The zero-order valence-electron chi connectivity index (χ0n) is 5.34. The molecule has 0 radical (unpaired) electrons.